The lowest BCUT2D eigenvalue weighted by Crippen LogP contribution is -3.11. The van der Waals surface area contributed by atoms with Crippen LogP contribution in [-0.4, -0.2) is 47.7 Å². The van der Waals surface area contributed by atoms with Gasteiger partial charge in [0.15, 0.2) is 0 Å². The highest BCUT2D eigenvalue weighted by Gasteiger charge is 2.32. The van der Waals surface area contributed by atoms with Crippen LogP contribution < -0.4 is 4.90 Å². The molecule has 1 amide bonds. The SMILES string of the molecule is CC[NH+](CC)CCCN1C(=O)CS[C@H]1c1ccc([N+](=O)[O-])cc1. The minimum atomic E-state index is -0.401. The third-order valence-electron chi connectivity index (χ3n) is 4.29. The molecule has 1 fully saturated rings. The van der Waals surface area contributed by atoms with Crippen molar-refractivity contribution >= 4 is 23.4 Å². The summed E-state index contributed by atoms with van der Waals surface area (Å²) in [6, 6.07) is 6.54. The van der Waals surface area contributed by atoms with E-state index in [0.29, 0.717) is 5.75 Å². The Balaban J connectivity index is 2.00. The van der Waals surface area contributed by atoms with Gasteiger partial charge in [0.25, 0.3) is 5.69 Å². The first-order chi connectivity index (χ1) is 11.1. The molecule has 23 heavy (non-hydrogen) atoms. The van der Waals surface area contributed by atoms with Gasteiger partial charge in [0, 0.05) is 25.1 Å². The van der Waals surface area contributed by atoms with Crippen molar-refractivity contribution in [3.63, 3.8) is 0 Å². The molecule has 2 rings (SSSR count). The number of carbonyl (C=O) groups is 1. The van der Waals surface area contributed by atoms with E-state index in [1.165, 1.54) is 17.0 Å². The lowest BCUT2D eigenvalue weighted by molar-refractivity contribution is -0.896. The molecule has 1 aliphatic heterocycles. The minimum Gasteiger partial charge on any atom is -0.335 e. The zero-order valence-electron chi connectivity index (χ0n) is 13.7. The number of hydrogen-bond acceptors (Lipinski definition) is 4. The molecule has 0 spiro atoms. The van der Waals surface area contributed by atoms with Gasteiger partial charge in [-0.1, -0.05) is 0 Å². The summed E-state index contributed by atoms with van der Waals surface area (Å²) in [5.41, 5.74) is 1.04. The maximum atomic E-state index is 12.1. The van der Waals surface area contributed by atoms with Gasteiger partial charge in [0.05, 0.1) is 30.3 Å². The van der Waals surface area contributed by atoms with Crippen molar-refractivity contribution in [3.05, 3.63) is 39.9 Å². The highest BCUT2D eigenvalue weighted by Crippen LogP contribution is 2.38. The van der Waals surface area contributed by atoms with E-state index in [1.807, 2.05) is 4.90 Å². The Morgan fingerprint density at radius 1 is 1.30 bits per heavy atom. The summed E-state index contributed by atoms with van der Waals surface area (Å²) >= 11 is 1.60. The van der Waals surface area contributed by atoms with E-state index in [9.17, 15) is 14.9 Å². The highest BCUT2D eigenvalue weighted by atomic mass is 32.2. The van der Waals surface area contributed by atoms with Crippen LogP contribution in [0.4, 0.5) is 5.69 Å². The molecule has 0 unspecified atom stereocenters. The van der Waals surface area contributed by atoms with Crippen LogP contribution in [0.1, 0.15) is 31.2 Å². The van der Waals surface area contributed by atoms with Crippen LogP contribution in [0, 0.1) is 10.1 Å². The molecule has 6 nitrogen and oxygen atoms in total. The number of thioether (sulfide) groups is 1. The van der Waals surface area contributed by atoms with Gasteiger partial charge >= 0.3 is 0 Å². The van der Waals surface area contributed by atoms with Gasteiger partial charge in [-0.2, -0.15) is 0 Å². The first-order valence-corrected chi connectivity index (χ1v) is 9.10. The summed E-state index contributed by atoms with van der Waals surface area (Å²) in [4.78, 5) is 25.9. The van der Waals surface area contributed by atoms with E-state index >= 15 is 0 Å². The number of nitro benzene ring substituents is 1. The van der Waals surface area contributed by atoms with Crippen molar-refractivity contribution in [2.24, 2.45) is 0 Å². The van der Waals surface area contributed by atoms with Gasteiger partial charge in [-0.3, -0.25) is 14.9 Å². The van der Waals surface area contributed by atoms with Crippen molar-refractivity contribution in [3.8, 4) is 0 Å². The number of amides is 1. The standard InChI is InChI=1S/C16H23N3O3S/c1-3-17(4-2)10-5-11-18-15(20)12-23-16(18)13-6-8-14(9-7-13)19(21)22/h6-9,16H,3-5,10-12H2,1-2H3/p+1/t16-/m0/s1. The van der Waals surface area contributed by atoms with E-state index < -0.39 is 4.92 Å². The van der Waals surface area contributed by atoms with E-state index in [1.54, 1.807) is 23.9 Å². The molecule has 1 aliphatic rings. The molecule has 1 atom stereocenters. The molecule has 0 radical (unpaired) electrons. The predicted octanol–water partition coefficient (Wildman–Crippen LogP) is 1.48. The number of rotatable bonds is 8. The summed E-state index contributed by atoms with van der Waals surface area (Å²) in [5.74, 6) is 0.646. The molecule has 1 saturated heterocycles. The maximum Gasteiger partial charge on any atom is 0.269 e. The van der Waals surface area contributed by atoms with Crippen LogP contribution >= 0.6 is 11.8 Å². The fourth-order valence-electron chi connectivity index (χ4n) is 2.84. The molecule has 1 aromatic rings. The molecule has 0 saturated carbocycles. The van der Waals surface area contributed by atoms with Gasteiger partial charge in [-0.25, -0.2) is 0 Å². The number of benzene rings is 1. The van der Waals surface area contributed by atoms with Gasteiger partial charge in [0.2, 0.25) is 5.91 Å². The van der Waals surface area contributed by atoms with Crippen LogP contribution in [0.5, 0.6) is 0 Å². The Labute approximate surface area is 141 Å². The normalized spacial score (nSPS) is 18.0. The molecule has 7 heteroatoms. The quantitative estimate of drug-likeness (QED) is 0.576. The van der Waals surface area contributed by atoms with Crippen molar-refractivity contribution < 1.29 is 14.6 Å². The second kappa shape index (κ2) is 8.31. The molecule has 1 aromatic carbocycles. The van der Waals surface area contributed by atoms with Crippen molar-refractivity contribution in [2.45, 2.75) is 25.6 Å². The van der Waals surface area contributed by atoms with Gasteiger partial charge in [-0.05, 0) is 31.5 Å². The van der Waals surface area contributed by atoms with Gasteiger partial charge in [0.1, 0.15) is 5.37 Å². The number of non-ortho nitro benzene ring substituents is 1. The Bertz CT molecular complexity index is 546. The predicted molar refractivity (Wildman–Crippen MR) is 91.5 cm³/mol. The summed E-state index contributed by atoms with van der Waals surface area (Å²) in [5, 5.41) is 10.7. The zero-order chi connectivity index (χ0) is 16.8. The lowest BCUT2D eigenvalue weighted by Gasteiger charge is -2.25. The molecule has 126 valence electrons. The van der Waals surface area contributed by atoms with Gasteiger partial charge < -0.3 is 9.80 Å². The van der Waals surface area contributed by atoms with Crippen molar-refractivity contribution in [1.82, 2.24) is 4.90 Å². The number of nitrogens with one attached hydrogen (secondary N) is 1. The maximum absolute atomic E-state index is 12.1. The second-order valence-electron chi connectivity index (χ2n) is 5.66. The molecule has 1 N–H and O–H groups in total. The number of carbonyl (C=O) groups excluding carboxylic acids is 1. The molecule has 1 heterocycles. The Morgan fingerprint density at radius 3 is 2.52 bits per heavy atom. The number of nitro groups is 1. The van der Waals surface area contributed by atoms with Gasteiger partial charge in [-0.15, -0.1) is 11.8 Å². The minimum absolute atomic E-state index is 0.0185. The highest BCUT2D eigenvalue weighted by molar-refractivity contribution is 8.00. The number of quaternary nitrogens is 1. The number of hydrogen-bond donors (Lipinski definition) is 1. The van der Waals surface area contributed by atoms with E-state index in [-0.39, 0.29) is 17.0 Å². The third-order valence-corrected chi connectivity index (χ3v) is 5.54. The summed E-state index contributed by atoms with van der Waals surface area (Å²) in [6.45, 7) is 8.37. The Hall–Kier alpha value is -1.60. The van der Waals surface area contributed by atoms with Crippen molar-refractivity contribution in [2.75, 3.05) is 31.9 Å². The van der Waals surface area contributed by atoms with Crippen LogP contribution in [0.25, 0.3) is 0 Å². The van der Waals surface area contributed by atoms with E-state index in [0.717, 1.165) is 38.2 Å². The Morgan fingerprint density at radius 2 is 1.96 bits per heavy atom. The second-order valence-corrected chi connectivity index (χ2v) is 6.73. The first-order valence-electron chi connectivity index (χ1n) is 8.05. The summed E-state index contributed by atoms with van der Waals surface area (Å²) in [7, 11) is 0. The van der Waals surface area contributed by atoms with Crippen molar-refractivity contribution in [1.29, 1.82) is 0 Å². The topological polar surface area (TPSA) is 67.9 Å². The average molecular weight is 338 g/mol. The molecular formula is C16H24N3O3S+. The monoisotopic (exact) mass is 338 g/mol. The molecular weight excluding hydrogens is 314 g/mol. The van der Waals surface area contributed by atoms with Crippen LogP contribution in [0.2, 0.25) is 0 Å². The van der Waals surface area contributed by atoms with Crippen LogP contribution in [0.3, 0.4) is 0 Å². The lowest BCUT2D eigenvalue weighted by atomic mass is 10.2. The third kappa shape index (κ3) is 4.45. The first kappa shape index (κ1) is 17.7. The fourth-order valence-corrected chi connectivity index (χ4v) is 4.05. The van der Waals surface area contributed by atoms with E-state index in [2.05, 4.69) is 13.8 Å². The molecule has 0 aromatic heterocycles. The summed E-state index contributed by atoms with van der Waals surface area (Å²) in [6.07, 6.45) is 0.979. The molecule has 0 bridgehead atoms. The van der Waals surface area contributed by atoms with Crippen LogP contribution in [0.15, 0.2) is 24.3 Å². The fraction of sp³-hybridized carbons (Fsp3) is 0.562. The smallest absolute Gasteiger partial charge is 0.269 e. The Kier molecular flexibility index (Phi) is 6.41. The summed E-state index contributed by atoms with van der Waals surface area (Å²) < 4.78 is 0. The largest absolute Gasteiger partial charge is 0.335 e. The zero-order valence-corrected chi connectivity index (χ0v) is 14.5. The average Bonchev–Trinajstić information content (AvgIpc) is 2.92. The van der Waals surface area contributed by atoms with Crippen LogP contribution in [-0.2, 0) is 4.79 Å². The molecule has 0 aliphatic carbocycles. The number of nitrogens with zero attached hydrogens (tertiary/aromatic N) is 2. The van der Waals surface area contributed by atoms with E-state index in [4.69, 9.17) is 0 Å².